The molecular formula is C29H29ClF3N3O5. The van der Waals surface area contributed by atoms with Crippen molar-refractivity contribution < 1.29 is 37.4 Å². The molecule has 41 heavy (non-hydrogen) atoms. The number of alkyl halides is 3. The van der Waals surface area contributed by atoms with Crippen molar-refractivity contribution in [3.05, 3.63) is 69.9 Å². The van der Waals surface area contributed by atoms with E-state index in [2.05, 4.69) is 5.10 Å². The summed E-state index contributed by atoms with van der Waals surface area (Å²) in [6.45, 7) is 0.869. The summed E-state index contributed by atoms with van der Waals surface area (Å²) in [6.07, 6.45) is -1.61. The largest absolute Gasteiger partial charge is 0.481 e. The molecule has 1 unspecified atom stereocenters. The monoisotopic (exact) mass is 591 g/mol. The van der Waals surface area contributed by atoms with Crippen LogP contribution in [0.4, 0.5) is 13.2 Å². The Bertz CT molecular complexity index is 1550. The van der Waals surface area contributed by atoms with Crippen molar-refractivity contribution in [3.8, 4) is 0 Å². The van der Waals surface area contributed by atoms with E-state index in [9.17, 15) is 32.7 Å². The first-order chi connectivity index (χ1) is 19.0. The number of carbonyl (C=O) groups excluding carboxylic acids is 2. The maximum atomic E-state index is 13.9. The van der Waals surface area contributed by atoms with Crippen LogP contribution < -0.4 is 0 Å². The van der Waals surface area contributed by atoms with Gasteiger partial charge in [-0.25, -0.2) is 0 Å². The zero-order valence-electron chi connectivity index (χ0n) is 21.4. The molecule has 1 amide bonds. The van der Waals surface area contributed by atoms with E-state index >= 15 is 0 Å². The number of carbonyl (C=O) groups is 3. The van der Waals surface area contributed by atoms with Crippen LogP contribution in [0.2, 0.25) is 5.02 Å². The fourth-order valence-electron chi connectivity index (χ4n) is 5.28. The fraction of sp³-hybridized carbons (Fsp3) is 0.379. The second-order valence-electron chi connectivity index (χ2n) is 9.89. The van der Waals surface area contributed by atoms with Crippen molar-refractivity contribution in [1.82, 2.24) is 14.7 Å². The van der Waals surface area contributed by atoms with E-state index in [4.69, 9.17) is 16.3 Å². The molecule has 1 N–H and O–H groups in total. The minimum Gasteiger partial charge on any atom is -0.481 e. The fourth-order valence-corrected chi connectivity index (χ4v) is 5.54. The van der Waals surface area contributed by atoms with Crippen molar-refractivity contribution in [1.29, 1.82) is 0 Å². The third-order valence-electron chi connectivity index (χ3n) is 7.48. The Morgan fingerprint density at radius 3 is 2.49 bits per heavy atom. The number of methoxy groups -OCH3 is 1. The minimum absolute atomic E-state index is 0. The predicted molar refractivity (Wildman–Crippen MR) is 147 cm³/mol. The summed E-state index contributed by atoms with van der Waals surface area (Å²) < 4.78 is 47.8. The van der Waals surface area contributed by atoms with Crippen LogP contribution in [0.1, 0.15) is 65.1 Å². The number of rotatable bonds is 5. The number of aromatic nitrogens is 2. The van der Waals surface area contributed by atoms with Crippen LogP contribution in [0.25, 0.3) is 16.5 Å². The van der Waals surface area contributed by atoms with Crippen LogP contribution in [0.3, 0.4) is 0 Å². The highest BCUT2D eigenvalue weighted by molar-refractivity contribution is 6.34. The highest BCUT2D eigenvalue weighted by atomic mass is 35.5. The number of halogens is 4. The van der Waals surface area contributed by atoms with E-state index in [0.29, 0.717) is 49.0 Å². The van der Waals surface area contributed by atoms with Crippen LogP contribution >= 0.6 is 11.6 Å². The van der Waals surface area contributed by atoms with Gasteiger partial charge in [-0.1, -0.05) is 31.2 Å². The molecule has 5 rings (SSSR count). The topological polar surface area (TPSA) is 102 Å². The molecule has 2 atom stereocenters. The molecule has 8 nitrogen and oxygen atoms in total. The van der Waals surface area contributed by atoms with Crippen LogP contribution in [-0.4, -0.2) is 63.9 Å². The molecule has 2 heterocycles. The SMILES string of the molecule is C.CO[C@H]1CCN(C(=O)c2ccc3c(C4=CCC(C(=O)O)CC4)nn(C(=O)c4c(Cl)cccc4C(F)(F)F)c3c2)C1. The number of nitrogens with zero attached hydrogens (tertiary/aromatic N) is 3. The van der Waals surface area contributed by atoms with Gasteiger partial charge in [-0.05, 0) is 61.6 Å². The Morgan fingerprint density at radius 1 is 1.12 bits per heavy atom. The van der Waals surface area contributed by atoms with Gasteiger partial charge in [0.05, 0.1) is 39.4 Å². The number of benzene rings is 2. The lowest BCUT2D eigenvalue weighted by atomic mass is 9.87. The molecule has 0 spiro atoms. The Labute approximate surface area is 239 Å². The number of carboxylic acids is 1. The molecule has 2 aliphatic rings. The number of amides is 1. The van der Waals surface area contributed by atoms with Gasteiger partial charge in [-0.2, -0.15) is 23.0 Å². The molecule has 1 saturated heterocycles. The lowest BCUT2D eigenvalue weighted by molar-refractivity contribution is -0.142. The molecule has 12 heteroatoms. The molecule has 1 aromatic heterocycles. The van der Waals surface area contributed by atoms with Crippen LogP contribution in [-0.2, 0) is 15.7 Å². The van der Waals surface area contributed by atoms with Gasteiger partial charge in [0.15, 0.2) is 0 Å². The molecule has 1 aliphatic carbocycles. The van der Waals surface area contributed by atoms with Crippen LogP contribution in [0, 0.1) is 5.92 Å². The van der Waals surface area contributed by atoms with E-state index in [1.54, 1.807) is 30.2 Å². The summed E-state index contributed by atoms with van der Waals surface area (Å²) in [7, 11) is 1.57. The maximum absolute atomic E-state index is 13.9. The van der Waals surface area contributed by atoms with E-state index in [0.717, 1.165) is 16.8 Å². The first kappa shape index (κ1) is 30.3. The van der Waals surface area contributed by atoms with Crippen LogP contribution in [0.5, 0.6) is 0 Å². The molecular weight excluding hydrogens is 563 g/mol. The second kappa shape index (κ2) is 11.7. The number of likely N-dealkylation sites (tertiary alicyclic amines) is 1. The van der Waals surface area contributed by atoms with Gasteiger partial charge in [0.25, 0.3) is 11.8 Å². The maximum Gasteiger partial charge on any atom is 0.417 e. The highest BCUT2D eigenvalue weighted by Crippen LogP contribution is 2.38. The van der Waals surface area contributed by atoms with Gasteiger partial charge < -0.3 is 14.7 Å². The van der Waals surface area contributed by atoms with Crippen molar-refractivity contribution in [2.24, 2.45) is 5.92 Å². The summed E-state index contributed by atoms with van der Waals surface area (Å²) >= 11 is 6.13. The third kappa shape index (κ3) is 5.73. The van der Waals surface area contributed by atoms with Gasteiger partial charge in [0.1, 0.15) is 0 Å². The Kier molecular flexibility index (Phi) is 8.60. The van der Waals surface area contributed by atoms with E-state index in [-0.39, 0.29) is 42.0 Å². The lowest BCUT2D eigenvalue weighted by Gasteiger charge is -2.17. The van der Waals surface area contributed by atoms with Gasteiger partial charge in [0.2, 0.25) is 0 Å². The molecule has 1 fully saturated rings. The Balaban J connectivity index is 0.00000387. The van der Waals surface area contributed by atoms with E-state index < -0.39 is 35.1 Å². The molecule has 0 bridgehead atoms. The second-order valence-corrected chi connectivity index (χ2v) is 10.3. The van der Waals surface area contributed by atoms with E-state index in [1.807, 2.05) is 0 Å². The average Bonchev–Trinajstić information content (AvgIpc) is 3.56. The van der Waals surface area contributed by atoms with Gasteiger partial charge in [0, 0.05) is 31.1 Å². The van der Waals surface area contributed by atoms with Gasteiger partial charge in [-0.15, -0.1) is 0 Å². The molecule has 0 radical (unpaired) electrons. The number of hydrogen-bond acceptors (Lipinski definition) is 5. The standard InChI is InChI=1S/C28H25ClF3N3O5.CH4/c1-40-18-11-12-34(14-18)25(36)17-9-10-19-22(13-17)35(33-24(19)15-5-7-16(8-6-15)27(38)39)26(37)23-20(28(30,31)32)3-2-4-21(23)29;/h2-5,9-10,13,16,18H,6-8,11-12,14H2,1H3,(H,38,39);1H4/t16?,18-;/m0./s1. The third-order valence-corrected chi connectivity index (χ3v) is 7.80. The molecule has 2 aromatic carbocycles. The number of hydrogen-bond donors (Lipinski definition) is 1. The summed E-state index contributed by atoms with van der Waals surface area (Å²) in [5, 5.41) is 13.8. The predicted octanol–water partition coefficient (Wildman–Crippen LogP) is 6.16. The zero-order valence-corrected chi connectivity index (χ0v) is 22.1. The van der Waals surface area contributed by atoms with Crippen molar-refractivity contribution >= 4 is 45.9 Å². The molecule has 1 aliphatic heterocycles. The van der Waals surface area contributed by atoms with Gasteiger partial charge >= 0.3 is 12.1 Å². The summed E-state index contributed by atoms with van der Waals surface area (Å²) in [6, 6.07) is 7.72. The minimum atomic E-state index is -4.85. The summed E-state index contributed by atoms with van der Waals surface area (Å²) in [5.74, 6) is -2.88. The van der Waals surface area contributed by atoms with Crippen molar-refractivity contribution in [3.63, 3.8) is 0 Å². The van der Waals surface area contributed by atoms with Crippen molar-refractivity contribution in [2.75, 3.05) is 20.2 Å². The quantitative estimate of drug-likeness (QED) is 0.381. The smallest absolute Gasteiger partial charge is 0.417 e. The van der Waals surface area contributed by atoms with Gasteiger partial charge in [-0.3, -0.25) is 14.4 Å². The van der Waals surface area contributed by atoms with E-state index in [1.165, 1.54) is 12.1 Å². The summed E-state index contributed by atoms with van der Waals surface area (Å²) in [5.41, 5.74) is -0.564. The molecule has 218 valence electrons. The summed E-state index contributed by atoms with van der Waals surface area (Å²) in [4.78, 5) is 40.0. The number of allylic oxidation sites excluding steroid dienone is 2. The first-order valence-electron chi connectivity index (χ1n) is 12.7. The number of fused-ring (bicyclic) bond motifs is 1. The normalized spacial score (nSPS) is 19.1. The van der Waals surface area contributed by atoms with Crippen molar-refractivity contribution in [2.45, 2.75) is 45.4 Å². The highest BCUT2D eigenvalue weighted by Gasteiger charge is 2.38. The van der Waals surface area contributed by atoms with Crippen LogP contribution in [0.15, 0.2) is 42.5 Å². The zero-order chi connectivity index (χ0) is 28.8. The number of ether oxygens (including phenoxy) is 1. The average molecular weight is 592 g/mol. The lowest BCUT2D eigenvalue weighted by Crippen LogP contribution is -2.30. The molecule has 3 aromatic rings. The first-order valence-corrected chi connectivity index (χ1v) is 13.0. The Hall–Kier alpha value is -3.70. The molecule has 0 saturated carbocycles. The number of aliphatic carboxylic acids is 1. The number of carboxylic acid groups (broad SMARTS) is 1. The Morgan fingerprint density at radius 2 is 1.88 bits per heavy atom.